The van der Waals surface area contributed by atoms with Crippen LogP contribution < -0.4 is 5.32 Å². The number of likely N-dealkylation sites (tertiary alicyclic amines) is 1. The molecule has 1 N–H and O–H groups in total. The molecule has 36 heavy (non-hydrogen) atoms. The summed E-state index contributed by atoms with van der Waals surface area (Å²) in [6, 6.07) is 7.26. The molecule has 0 saturated carbocycles. The summed E-state index contributed by atoms with van der Waals surface area (Å²) in [5.74, 6) is 1.06. The molecule has 3 aromatic heterocycles. The van der Waals surface area contributed by atoms with Crippen LogP contribution in [0.15, 0.2) is 36.7 Å². The molecule has 0 radical (unpaired) electrons. The zero-order chi connectivity index (χ0) is 24.8. The smallest absolute Gasteiger partial charge is 0.229 e. The Balaban J connectivity index is 1.25. The summed E-state index contributed by atoms with van der Waals surface area (Å²) in [7, 11) is 0. The number of pyridine rings is 1. The van der Waals surface area contributed by atoms with Crippen molar-refractivity contribution in [2.45, 2.75) is 51.5 Å². The van der Waals surface area contributed by atoms with Gasteiger partial charge in [0.25, 0.3) is 0 Å². The maximum atomic E-state index is 15.0. The number of hydrogen-bond acceptors (Lipinski definition) is 6. The fraction of sp³-hybridized carbons (Fsp3) is 0.407. The van der Waals surface area contributed by atoms with Crippen molar-refractivity contribution in [3.8, 4) is 11.3 Å². The molecule has 186 valence electrons. The molecule has 5 heterocycles. The Bertz CT molecular complexity index is 1410. The Morgan fingerprint density at radius 3 is 2.58 bits per heavy atom. The molecule has 0 amide bonds. The molecular formula is C27H29F2N7. The van der Waals surface area contributed by atoms with Crippen molar-refractivity contribution in [3.63, 3.8) is 0 Å². The van der Waals surface area contributed by atoms with E-state index in [1.165, 1.54) is 11.6 Å². The van der Waals surface area contributed by atoms with Crippen molar-refractivity contribution >= 4 is 22.8 Å². The SMILES string of the molecule is CCN1CCC(c2ccc(Nc3ncc(F)c(-c4cc(F)c5nc6n(c5c4)C(C)CC6)n3)nc2)CC1. The number of rotatable bonds is 5. The molecule has 0 bridgehead atoms. The highest BCUT2D eigenvalue weighted by molar-refractivity contribution is 5.83. The lowest BCUT2D eigenvalue weighted by Gasteiger charge is -2.31. The third-order valence-corrected chi connectivity index (χ3v) is 7.60. The first kappa shape index (κ1) is 23.0. The van der Waals surface area contributed by atoms with Gasteiger partial charge < -0.3 is 14.8 Å². The number of imidazole rings is 1. The van der Waals surface area contributed by atoms with Gasteiger partial charge in [-0.1, -0.05) is 13.0 Å². The zero-order valence-electron chi connectivity index (χ0n) is 20.5. The van der Waals surface area contributed by atoms with E-state index in [2.05, 4.69) is 50.1 Å². The number of piperidine rings is 1. The van der Waals surface area contributed by atoms with E-state index in [4.69, 9.17) is 0 Å². The summed E-state index contributed by atoms with van der Waals surface area (Å²) >= 11 is 0. The van der Waals surface area contributed by atoms with Crippen molar-refractivity contribution < 1.29 is 8.78 Å². The van der Waals surface area contributed by atoms with Gasteiger partial charge in [0, 0.05) is 24.2 Å². The lowest BCUT2D eigenvalue weighted by molar-refractivity contribution is 0.222. The molecule has 1 aromatic carbocycles. The number of benzene rings is 1. The predicted molar refractivity (Wildman–Crippen MR) is 135 cm³/mol. The van der Waals surface area contributed by atoms with Crippen LogP contribution in [0.1, 0.15) is 56.5 Å². The minimum Gasteiger partial charge on any atom is -0.325 e. The van der Waals surface area contributed by atoms with Gasteiger partial charge in [0.1, 0.15) is 22.9 Å². The quantitative estimate of drug-likeness (QED) is 0.393. The van der Waals surface area contributed by atoms with Crippen molar-refractivity contribution in [2.24, 2.45) is 0 Å². The van der Waals surface area contributed by atoms with E-state index in [9.17, 15) is 8.78 Å². The van der Waals surface area contributed by atoms with Crippen molar-refractivity contribution in [2.75, 3.05) is 25.0 Å². The first-order valence-corrected chi connectivity index (χ1v) is 12.7. The van der Waals surface area contributed by atoms with Gasteiger partial charge in [-0.3, -0.25) is 0 Å². The summed E-state index contributed by atoms with van der Waals surface area (Å²) < 4.78 is 31.8. The van der Waals surface area contributed by atoms with Crippen molar-refractivity contribution in [1.82, 2.24) is 29.4 Å². The number of halogens is 2. The minimum absolute atomic E-state index is 0.0359. The number of fused-ring (bicyclic) bond motifs is 3. The Labute approximate surface area is 208 Å². The van der Waals surface area contributed by atoms with Crippen LogP contribution >= 0.6 is 0 Å². The zero-order valence-corrected chi connectivity index (χ0v) is 20.5. The van der Waals surface area contributed by atoms with Crippen LogP contribution in [0, 0.1) is 11.6 Å². The van der Waals surface area contributed by atoms with Crippen molar-refractivity contribution in [1.29, 1.82) is 0 Å². The lowest BCUT2D eigenvalue weighted by Crippen LogP contribution is -2.32. The van der Waals surface area contributed by atoms with Crippen LogP contribution in [0.3, 0.4) is 0 Å². The number of aryl methyl sites for hydroxylation is 1. The normalized spacial score (nSPS) is 18.6. The van der Waals surface area contributed by atoms with Gasteiger partial charge in [0.05, 0.1) is 11.7 Å². The molecule has 1 saturated heterocycles. The van der Waals surface area contributed by atoms with E-state index >= 15 is 0 Å². The fourth-order valence-corrected chi connectivity index (χ4v) is 5.52. The Morgan fingerprint density at radius 1 is 1.00 bits per heavy atom. The fourth-order valence-electron chi connectivity index (χ4n) is 5.52. The maximum Gasteiger partial charge on any atom is 0.229 e. The lowest BCUT2D eigenvalue weighted by atomic mass is 9.90. The summed E-state index contributed by atoms with van der Waals surface area (Å²) in [5.41, 5.74) is 2.60. The standard InChI is InChI=1S/C27H29F2N7/c1-3-35-10-8-17(9-11-35)18-5-6-23(30-14-18)32-27-31-15-21(29)25(34-27)19-12-20(28)26-22(13-19)36-16(2)4-7-24(36)33-26/h5-6,12-17H,3-4,7-11H2,1-2H3,(H,30,31,32,34). The Hall–Kier alpha value is -3.46. The van der Waals surface area contributed by atoms with E-state index < -0.39 is 11.6 Å². The van der Waals surface area contributed by atoms with Crippen LogP contribution in [0.5, 0.6) is 0 Å². The van der Waals surface area contributed by atoms with Crippen LogP contribution in [0.2, 0.25) is 0 Å². The maximum absolute atomic E-state index is 15.0. The third kappa shape index (κ3) is 4.11. The van der Waals surface area contributed by atoms with Gasteiger partial charge in [0.2, 0.25) is 5.95 Å². The molecule has 2 aliphatic rings. The van der Waals surface area contributed by atoms with E-state index in [0.717, 1.165) is 57.3 Å². The first-order chi connectivity index (χ1) is 17.5. The highest BCUT2D eigenvalue weighted by Crippen LogP contribution is 2.35. The molecule has 4 aromatic rings. The molecule has 1 unspecified atom stereocenters. The van der Waals surface area contributed by atoms with Gasteiger partial charge in [-0.05, 0) is 75.5 Å². The Kier molecular flexibility index (Phi) is 5.87. The molecule has 1 fully saturated rings. The van der Waals surface area contributed by atoms with Crippen molar-refractivity contribution in [3.05, 3.63) is 59.7 Å². The van der Waals surface area contributed by atoms with Gasteiger partial charge >= 0.3 is 0 Å². The third-order valence-electron chi connectivity index (χ3n) is 7.60. The van der Waals surface area contributed by atoms with Gasteiger partial charge in [-0.25, -0.2) is 28.7 Å². The molecular weight excluding hydrogens is 460 g/mol. The number of hydrogen-bond donors (Lipinski definition) is 1. The largest absolute Gasteiger partial charge is 0.325 e. The summed E-state index contributed by atoms with van der Waals surface area (Å²) in [5, 5.41) is 3.06. The van der Waals surface area contributed by atoms with E-state index in [-0.39, 0.29) is 17.7 Å². The number of anilines is 2. The average Bonchev–Trinajstić information content (AvgIpc) is 3.46. The second kappa shape index (κ2) is 9.20. The van der Waals surface area contributed by atoms with Crippen LogP contribution in [-0.2, 0) is 6.42 Å². The summed E-state index contributed by atoms with van der Waals surface area (Å²) in [6.07, 6.45) is 7.03. The minimum atomic E-state index is -0.616. The number of nitrogens with one attached hydrogen (secondary N) is 1. The second-order valence-electron chi connectivity index (χ2n) is 9.81. The molecule has 2 aliphatic heterocycles. The summed E-state index contributed by atoms with van der Waals surface area (Å²) in [4.78, 5) is 19.9. The van der Waals surface area contributed by atoms with Crippen LogP contribution in [0.4, 0.5) is 20.5 Å². The van der Waals surface area contributed by atoms with E-state index in [1.807, 2.05) is 16.8 Å². The Morgan fingerprint density at radius 2 is 1.83 bits per heavy atom. The monoisotopic (exact) mass is 489 g/mol. The average molecular weight is 490 g/mol. The van der Waals surface area contributed by atoms with Gasteiger partial charge in [0.15, 0.2) is 11.6 Å². The van der Waals surface area contributed by atoms with Gasteiger partial charge in [-0.15, -0.1) is 0 Å². The van der Waals surface area contributed by atoms with E-state index in [0.29, 0.717) is 28.3 Å². The highest BCUT2D eigenvalue weighted by atomic mass is 19.1. The molecule has 0 spiro atoms. The molecule has 0 aliphatic carbocycles. The van der Waals surface area contributed by atoms with Crippen LogP contribution in [-0.4, -0.2) is 49.0 Å². The predicted octanol–water partition coefficient (Wildman–Crippen LogP) is 5.62. The topological polar surface area (TPSA) is 71.8 Å². The molecule has 9 heteroatoms. The molecule has 6 rings (SSSR count). The second-order valence-corrected chi connectivity index (χ2v) is 9.81. The number of aromatic nitrogens is 5. The summed E-state index contributed by atoms with van der Waals surface area (Å²) in [6.45, 7) is 7.60. The molecule has 1 atom stereocenters. The number of nitrogens with zero attached hydrogens (tertiary/aromatic N) is 6. The highest BCUT2D eigenvalue weighted by Gasteiger charge is 2.25. The van der Waals surface area contributed by atoms with Gasteiger partial charge in [-0.2, -0.15) is 0 Å². The first-order valence-electron chi connectivity index (χ1n) is 12.7. The van der Waals surface area contributed by atoms with E-state index in [1.54, 1.807) is 6.07 Å². The van der Waals surface area contributed by atoms with Crippen LogP contribution in [0.25, 0.3) is 22.3 Å². The molecule has 7 nitrogen and oxygen atoms in total.